The van der Waals surface area contributed by atoms with Crippen molar-refractivity contribution in [1.82, 2.24) is 4.98 Å². The lowest BCUT2D eigenvalue weighted by atomic mass is 10.2. The summed E-state index contributed by atoms with van der Waals surface area (Å²) in [5.74, 6) is -0.343. The van der Waals surface area contributed by atoms with Crippen molar-refractivity contribution in [3.8, 4) is 0 Å². The summed E-state index contributed by atoms with van der Waals surface area (Å²) < 4.78 is 0. The molecule has 15 heavy (non-hydrogen) atoms. The van der Waals surface area contributed by atoms with Crippen molar-refractivity contribution in [3.63, 3.8) is 0 Å². The summed E-state index contributed by atoms with van der Waals surface area (Å²) in [7, 11) is 0. The topological polar surface area (TPSA) is 73.7 Å². The summed E-state index contributed by atoms with van der Waals surface area (Å²) in [6.07, 6.45) is 1.85. The zero-order chi connectivity index (χ0) is 10.8. The molecule has 0 unspecified atom stereocenters. The minimum absolute atomic E-state index is 0.224. The molecule has 1 aromatic rings. The number of rotatable bonds is 2. The molecule has 1 atom stereocenters. The standard InChI is InChI=1S/C10H12N2O3/c13-8-2-4-12(6-8)9-5-7(10(14)15)1-3-11-9/h1,3,5,8,13H,2,4,6H2,(H,14,15)/t8-/m1/s1. The van der Waals surface area contributed by atoms with Crippen molar-refractivity contribution >= 4 is 11.8 Å². The molecule has 2 N–H and O–H groups in total. The summed E-state index contributed by atoms with van der Waals surface area (Å²) >= 11 is 0. The number of anilines is 1. The van der Waals surface area contributed by atoms with Crippen LogP contribution in [0.5, 0.6) is 0 Å². The highest BCUT2D eigenvalue weighted by Crippen LogP contribution is 2.18. The number of β-amino-alcohol motifs (C(OH)–C–C–N with tert-alkyl or cyclic N) is 1. The summed E-state index contributed by atoms with van der Waals surface area (Å²) in [5.41, 5.74) is 0.224. The van der Waals surface area contributed by atoms with E-state index < -0.39 is 5.97 Å². The molecule has 0 aromatic carbocycles. The molecule has 1 aromatic heterocycles. The van der Waals surface area contributed by atoms with Gasteiger partial charge in [-0.2, -0.15) is 0 Å². The van der Waals surface area contributed by atoms with E-state index in [1.165, 1.54) is 18.3 Å². The van der Waals surface area contributed by atoms with Crippen LogP contribution in [-0.4, -0.2) is 40.4 Å². The largest absolute Gasteiger partial charge is 0.478 e. The fourth-order valence-electron chi connectivity index (χ4n) is 1.67. The molecule has 5 nitrogen and oxygen atoms in total. The van der Waals surface area contributed by atoms with Crippen LogP contribution in [0.4, 0.5) is 5.82 Å². The van der Waals surface area contributed by atoms with Gasteiger partial charge in [-0.1, -0.05) is 0 Å². The highest BCUT2D eigenvalue weighted by Gasteiger charge is 2.21. The number of aliphatic hydroxyl groups excluding tert-OH is 1. The van der Waals surface area contributed by atoms with Crippen molar-refractivity contribution in [1.29, 1.82) is 0 Å². The van der Waals surface area contributed by atoms with E-state index in [0.717, 1.165) is 6.54 Å². The molecule has 0 aliphatic carbocycles. The van der Waals surface area contributed by atoms with E-state index in [-0.39, 0.29) is 11.7 Å². The molecule has 0 saturated carbocycles. The highest BCUT2D eigenvalue weighted by atomic mass is 16.4. The number of pyridine rings is 1. The molecule has 2 rings (SSSR count). The predicted molar refractivity (Wildman–Crippen MR) is 54.0 cm³/mol. The van der Waals surface area contributed by atoms with Crippen LogP contribution in [0.1, 0.15) is 16.8 Å². The van der Waals surface area contributed by atoms with Crippen molar-refractivity contribution in [2.24, 2.45) is 0 Å². The van der Waals surface area contributed by atoms with E-state index in [2.05, 4.69) is 4.98 Å². The van der Waals surface area contributed by atoms with E-state index in [4.69, 9.17) is 5.11 Å². The van der Waals surface area contributed by atoms with Crippen molar-refractivity contribution in [3.05, 3.63) is 23.9 Å². The molecule has 5 heteroatoms. The molecule has 1 fully saturated rings. The number of carboxylic acids is 1. The normalized spacial score (nSPS) is 20.6. The number of carboxylic acid groups (broad SMARTS) is 1. The van der Waals surface area contributed by atoms with Gasteiger partial charge in [0.2, 0.25) is 0 Å². The quantitative estimate of drug-likeness (QED) is 0.733. The third-order valence-electron chi connectivity index (χ3n) is 2.48. The second-order valence-corrected chi connectivity index (χ2v) is 3.60. The van der Waals surface area contributed by atoms with Crippen LogP contribution in [0.15, 0.2) is 18.3 Å². The van der Waals surface area contributed by atoms with Crippen LogP contribution in [0.3, 0.4) is 0 Å². The predicted octanol–water partition coefficient (Wildman–Crippen LogP) is 0.351. The molecule has 1 aliphatic heterocycles. The summed E-state index contributed by atoms with van der Waals surface area (Å²) in [6, 6.07) is 2.98. The Balaban J connectivity index is 2.21. The van der Waals surface area contributed by atoms with Gasteiger partial charge in [-0.15, -0.1) is 0 Å². The minimum Gasteiger partial charge on any atom is -0.478 e. The Morgan fingerprint density at radius 3 is 3.00 bits per heavy atom. The number of nitrogens with zero attached hydrogens (tertiary/aromatic N) is 2. The first-order valence-corrected chi connectivity index (χ1v) is 4.79. The zero-order valence-electron chi connectivity index (χ0n) is 8.13. The first-order valence-electron chi connectivity index (χ1n) is 4.79. The Kier molecular flexibility index (Phi) is 2.55. The fraction of sp³-hybridized carbons (Fsp3) is 0.400. The van der Waals surface area contributed by atoms with Gasteiger partial charge in [0.05, 0.1) is 11.7 Å². The van der Waals surface area contributed by atoms with Crippen molar-refractivity contribution in [2.75, 3.05) is 18.0 Å². The molecule has 80 valence electrons. The van der Waals surface area contributed by atoms with Crippen LogP contribution in [-0.2, 0) is 0 Å². The monoisotopic (exact) mass is 208 g/mol. The number of aromatic nitrogens is 1. The maximum absolute atomic E-state index is 10.7. The van der Waals surface area contributed by atoms with Gasteiger partial charge in [0.1, 0.15) is 5.82 Å². The second kappa shape index (κ2) is 3.86. The molecular formula is C10H12N2O3. The first kappa shape index (κ1) is 9.92. The van der Waals surface area contributed by atoms with Gasteiger partial charge >= 0.3 is 5.97 Å². The van der Waals surface area contributed by atoms with E-state index in [0.29, 0.717) is 18.8 Å². The maximum Gasteiger partial charge on any atom is 0.335 e. The second-order valence-electron chi connectivity index (χ2n) is 3.60. The van der Waals surface area contributed by atoms with Crippen molar-refractivity contribution < 1.29 is 15.0 Å². The highest BCUT2D eigenvalue weighted by molar-refractivity contribution is 5.88. The van der Waals surface area contributed by atoms with Gasteiger partial charge < -0.3 is 15.1 Å². The SMILES string of the molecule is O=C(O)c1ccnc(N2CC[C@@H](O)C2)c1. The lowest BCUT2D eigenvalue weighted by Gasteiger charge is -2.16. The Hall–Kier alpha value is -1.62. The van der Waals surface area contributed by atoms with E-state index in [1.54, 1.807) is 0 Å². The summed E-state index contributed by atoms with van der Waals surface area (Å²) in [6.45, 7) is 1.24. The average molecular weight is 208 g/mol. The Morgan fingerprint density at radius 2 is 2.40 bits per heavy atom. The van der Waals surface area contributed by atoms with E-state index in [1.807, 2.05) is 4.90 Å². The summed E-state index contributed by atoms with van der Waals surface area (Å²) in [5, 5.41) is 18.2. The molecule has 1 saturated heterocycles. The van der Waals surface area contributed by atoms with E-state index >= 15 is 0 Å². The number of aliphatic hydroxyl groups is 1. The fourth-order valence-corrected chi connectivity index (χ4v) is 1.67. The summed E-state index contributed by atoms with van der Waals surface area (Å²) in [4.78, 5) is 16.7. The van der Waals surface area contributed by atoms with Gasteiger partial charge in [0, 0.05) is 19.3 Å². The first-order chi connectivity index (χ1) is 7.16. The van der Waals surface area contributed by atoms with Gasteiger partial charge in [-0.3, -0.25) is 0 Å². The zero-order valence-corrected chi connectivity index (χ0v) is 8.13. The molecular weight excluding hydrogens is 196 g/mol. The number of carbonyl (C=O) groups is 1. The molecule has 0 amide bonds. The van der Waals surface area contributed by atoms with Crippen molar-refractivity contribution in [2.45, 2.75) is 12.5 Å². The Morgan fingerprint density at radius 1 is 1.60 bits per heavy atom. The maximum atomic E-state index is 10.7. The molecule has 0 radical (unpaired) electrons. The van der Waals surface area contributed by atoms with Gasteiger partial charge in [-0.05, 0) is 18.6 Å². The lowest BCUT2D eigenvalue weighted by Crippen LogP contribution is -2.22. The van der Waals surface area contributed by atoms with Crippen LogP contribution in [0, 0.1) is 0 Å². The minimum atomic E-state index is -0.960. The van der Waals surface area contributed by atoms with Crippen LogP contribution in [0.2, 0.25) is 0 Å². The molecule has 0 spiro atoms. The smallest absolute Gasteiger partial charge is 0.335 e. The van der Waals surface area contributed by atoms with E-state index in [9.17, 15) is 9.90 Å². The average Bonchev–Trinajstić information content (AvgIpc) is 2.65. The third-order valence-corrected chi connectivity index (χ3v) is 2.48. The number of hydrogen-bond donors (Lipinski definition) is 2. The van der Waals surface area contributed by atoms with Crippen LogP contribution in [0.25, 0.3) is 0 Å². The number of hydrogen-bond acceptors (Lipinski definition) is 4. The van der Waals surface area contributed by atoms with Gasteiger partial charge in [-0.25, -0.2) is 9.78 Å². The Bertz CT molecular complexity index is 381. The Labute approximate surface area is 87.0 Å². The third kappa shape index (κ3) is 2.07. The van der Waals surface area contributed by atoms with Crippen LogP contribution >= 0.6 is 0 Å². The lowest BCUT2D eigenvalue weighted by molar-refractivity contribution is 0.0697. The molecule has 1 aliphatic rings. The molecule has 0 bridgehead atoms. The van der Waals surface area contributed by atoms with Gasteiger partial charge in [0.25, 0.3) is 0 Å². The molecule has 2 heterocycles. The number of aromatic carboxylic acids is 1. The van der Waals surface area contributed by atoms with Crippen LogP contribution < -0.4 is 4.90 Å². The van der Waals surface area contributed by atoms with Gasteiger partial charge in [0.15, 0.2) is 0 Å².